The lowest BCUT2D eigenvalue weighted by Gasteiger charge is -2.10. The van der Waals surface area contributed by atoms with Crippen LogP contribution in [0, 0.1) is 13.8 Å². The van der Waals surface area contributed by atoms with Crippen molar-refractivity contribution in [1.29, 1.82) is 0 Å². The smallest absolute Gasteiger partial charge is 0.274 e. The van der Waals surface area contributed by atoms with Gasteiger partial charge in [-0.15, -0.1) is 0 Å². The highest BCUT2D eigenvalue weighted by Gasteiger charge is 2.27. The highest BCUT2D eigenvalue weighted by molar-refractivity contribution is 5.94. The zero-order valence-electron chi connectivity index (χ0n) is 13.1. The first-order valence-electron chi connectivity index (χ1n) is 7.39. The number of hydrogen-bond acceptors (Lipinski definition) is 2. The van der Waals surface area contributed by atoms with Crippen molar-refractivity contribution >= 4 is 5.91 Å². The Labute approximate surface area is 125 Å². The minimum absolute atomic E-state index is 0.00309. The molecule has 1 aliphatic rings. The number of carbonyl (C=O) groups excluding carboxylic acids is 1. The molecule has 0 bridgehead atoms. The maximum Gasteiger partial charge on any atom is 0.274 e. The molecule has 110 valence electrons. The summed E-state index contributed by atoms with van der Waals surface area (Å²) in [6.07, 6.45) is 3.05. The van der Waals surface area contributed by atoms with Gasteiger partial charge < -0.3 is 4.90 Å². The first-order chi connectivity index (χ1) is 9.99. The monoisotopic (exact) mass is 283 g/mol. The van der Waals surface area contributed by atoms with Gasteiger partial charge in [0.2, 0.25) is 0 Å². The van der Waals surface area contributed by atoms with E-state index in [1.807, 2.05) is 4.68 Å². The summed E-state index contributed by atoms with van der Waals surface area (Å²) in [7, 11) is 3.56. The summed E-state index contributed by atoms with van der Waals surface area (Å²) in [5.74, 6) is -0.00309. The molecule has 0 saturated carbocycles. The van der Waals surface area contributed by atoms with E-state index >= 15 is 0 Å². The molecule has 1 aromatic heterocycles. The standard InChI is InChI=1S/C17H21N3O/c1-11-8-9-14(12(2)10-11)20-15-7-5-6-13(15)16(18-20)17(21)19(3)4/h8-10H,5-7H2,1-4H3. The molecular weight excluding hydrogens is 262 g/mol. The van der Waals surface area contributed by atoms with E-state index in [0.717, 1.165) is 30.5 Å². The number of fused-ring (bicyclic) bond motifs is 1. The predicted molar refractivity (Wildman–Crippen MR) is 83.1 cm³/mol. The molecule has 0 radical (unpaired) electrons. The minimum Gasteiger partial charge on any atom is -0.343 e. The van der Waals surface area contributed by atoms with Crippen molar-refractivity contribution in [1.82, 2.24) is 14.7 Å². The van der Waals surface area contributed by atoms with Crippen LogP contribution < -0.4 is 0 Å². The van der Waals surface area contributed by atoms with Gasteiger partial charge in [-0.05, 0) is 44.7 Å². The van der Waals surface area contributed by atoms with E-state index in [0.29, 0.717) is 5.69 Å². The predicted octanol–water partition coefficient (Wildman–Crippen LogP) is 2.68. The van der Waals surface area contributed by atoms with Gasteiger partial charge in [0.15, 0.2) is 5.69 Å². The van der Waals surface area contributed by atoms with Crippen LogP contribution in [0.4, 0.5) is 0 Å². The number of hydrogen-bond donors (Lipinski definition) is 0. The van der Waals surface area contributed by atoms with Crippen LogP contribution >= 0.6 is 0 Å². The minimum atomic E-state index is -0.00309. The summed E-state index contributed by atoms with van der Waals surface area (Å²) < 4.78 is 1.98. The number of nitrogens with zero attached hydrogens (tertiary/aromatic N) is 3. The van der Waals surface area contributed by atoms with Crippen molar-refractivity contribution in [3.05, 3.63) is 46.3 Å². The van der Waals surface area contributed by atoms with Crippen LogP contribution in [0.2, 0.25) is 0 Å². The maximum absolute atomic E-state index is 12.3. The van der Waals surface area contributed by atoms with Crippen molar-refractivity contribution in [3.63, 3.8) is 0 Å². The van der Waals surface area contributed by atoms with E-state index in [9.17, 15) is 4.79 Å². The molecule has 0 fully saturated rings. The highest BCUT2D eigenvalue weighted by Crippen LogP contribution is 2.29. The van der Waals surface area contributed by atoms with Crippen LogP contribution in [0.5, 0.6) is 0 Å². The summed E-state index contributed by atoms with van der Waals surface area (Å²) in [5.41, 5.74) is 6.46. The van der Waals surface area contributed by atoms with Crippen LogP contribution in [0.25, 0.3) is 5.69 Å². The Morgan fingerprint density at radius 1 is 1.24 bits per heavy atom. The molecule has 2 aromatic rings. The number of rotatable bonds is 2. The number of aryl methyl sites for hydroxylation is 2. The van der Waals surface area contributed by atoms with Gasteiger partial charge in [0, 0.05) is 25.4 Å². The van der Waals surface area contributed by atoms with Crippen LogP contribution in [-0.4, -0.2) is 34.7 Å². The SMILES string of the molecule is Cc1ccc(-n2nc(C(=O)N(C)C)c3c2CCC3)c(C)c1. The van der Waals surface area contributed by atoms with Crippen molar-refractivity contribution < 1.29 is 4.79 Å². The van der Waals surface area contributed by atoms with E-state index < -0.39 is 0 Å². The van der Waals surface area contributed by atoms with E-state index in [2.05, 4.69) is 37.1 Å². The lowest BCUT2D eigenvalue weighted by Crippen LogP contribution is -2.23. The summed E-state index contributed by atoms with van der Waals surface area (Å²) in [6.45, 7) is 4.18. The van der Waals surface area contributed by atoms with E-state index in [4.69, 9.17) is 0 Å². The van der Waals surface area contributed by atoms with Gasteiger partial charge >= 0.3 is 0 Å². The van der Waals surface area contributed by atoms with Crippen LogP contribution in [0.3, 0.4) is 0 Å². The van der Waals surface area contributed by atoms with Crippen LogP contribution in [0.15, 0.2) is 18.2 Å². The Morgan fingerprint density at radius 2 is 2.00 bits per heavy atom. The Morgan fingerprint density at radius 3 is 2.67 bits per heavy atom. The quantitative estimate of drug-likeness (QED) is 0.850. The summed E-state index contributed by atoms with van der Waals surface area (Å²) in [6, 6.07) is 6.35. The molecule has 4 heteroatoms. The molecule has 0 spiro atoms. The molecule has 0 atom stereocenters. The normalized spacial score (nSPS) is 13.3. The zero-order valence-corrected chi connectivity index (χ0v) is 13.1. The van der Waals surface area contributed by atoms with Crippen molar-refractivity contribution in [2.24, 2.45) is 0 Å². The van der Waals surface area contributed by atoms with E-state index in [-0.39, 0.29) is 5.91 Å². The fraction of sp³-hybridized carbons (Fsp3) is 0.412. The molecule has 1 aromatic carbocycles. The molecule has 1 aliphatic carbocycles. The average Bonchev–Trinajstić information content (AvgIpc) is 3.00. The molecule has 3 rings (SSSR count). The molecule has 0 aliphatic heterocycles. The Bertz CT molecular complexity index is 713. The van der Waals surface area contributed by atoms with Gasteiger partial charge in [-0.25, -0.2) is 4.68 Å². The zero-order chi connectivity index (χ0) is 15.1. The fourth-order valence-electron chi connectivity index (χ4n) is 3.06. The molecule has 21 heavy (non-hydrogen) atoms. The van der Waals surface area contributed by atoms with Gasteiger partial charge in [0.1, 0.15) is 0 Å². The Hall–Kier alpha value is -2.10. The summed E-state index contributed by atoms with van der Waals surface area (Å²) in [5, 5.41) is 4.64. The van der Waals surface area contributed by atoms with Gasteiger partial charge in [-0.3, -0.25) is 4.79 Å². The first kappa shape index (κ1) is 13.9. The number of carbonyl (C=O) groups is 1. The molecule has 1 heterocycles. The molecule has 0 saturated heterocycles. The third kappa shape index (κ3) is 2.24. The molecular formula is C17H21N3O. The number of aromatic nitrogens is 2. The highest BCUT2D eigenvalue weighted by atomic mass is 16.2. The number of benzene rings is 1. The summed E-state index contributed by atoms with van der Waals surface area (Å²) >= 11 is 0. The van der Waals surface area contributed by atoms with E-state index in [1.165, 1.54) is 16.8 Å². The number of amides is 1. The summed E-state index contributed by atoms with van der Waals surface area (Å²) in [4.78, 5) is 13.9. The lowest BCUT2D eigenvalue weighted by molar-refractivity contribution is 0.0820. The Balaban J connectivity index is 2.16. The van der Waals surface area contributed by atoms with Crippen molar-refractivity contribution in [2.75, 3.05) is 14.1 Å². The first-order valence-corrected chi connectivity index (χ1v) is 7.39. The Kier molecular flexibility index (Phi) is 3.32. The topological polar surface area (TPSA) is 38.1 Å². The van der Waals surface area contributed by atoms with Gasteiger partial charge in [-0.1, -0.05) is 17.7 Å². The van der Waals surface area contributed by atoms with Gasteiger partial charge in [0.05, 0.1) is 5.69 Å². The largest absolute Gasteiger partial charge is 0.343 e. The van der Waals surface area contributed by atoms with Crippen molar-refractivity contribution in [3.8, 4) is 5.69 Å². The van der Waals surface area contributed by atoms with E-state index in [1.54, 1.807) is 19.0 Å². The maximum atomic E-state index is 12.3. The fourth-order valence-corrected chi connectivity index (χ4v) is 3.06. The second kappa shape index (κ2) is 5.02. The van der Waals surface area contributed by atoms with Gasteiger partial charge in [-0.2, -0.15) is 5.10 Å². The lowest BCUT2D eigenvalue weighted by atomic mass is 10.1. The molecule has 4 nitrogen and oxygen atoms in total. The van der Waals surface area contributed by atoms with Crippen LogP contribution in [-0.2, 0) is 12.8 Å². The third-order valence-corrected chi connectivity index (χ3v) is 4.12. The third-order valence-electron chi connectivity index (χ3n) is 4.12. The second-order valence-corrected chi connectivity index (χ2v) is 6.03. The molecule has 0 unspecified atom stereocenters. The van der Waals surface area contributed by atoms with Crippen molar-refractivity contribution in [2.45, 2.75) is 33.1 Å². The average molecular weight is 283 g/mol. The molecule has 1 amide bonds. The van der Waals surface area contributed by atoms with Gasteiger partial charge in [0.25, 0.3) is 5.91 Å². The second-order valence-electron chi connectivity index (χ2n) is 6.03. The van der Waals surface area contributed by atoms with Crippen LogP contribution in [0.1, 0.15) is 39.3 Å². The molecule has 0 N–H and O–H groups in total.